The van der Waals surface area contributed by atoms with E-state index in [1.807, 2.05) is 18.2 Å². The molecule has 0 saturated carbocycles. The zero-order chi connectivity index (χ0) is 13.3. The van der Waals surface area contributed by atoms with Crippen LogP contribution in [-0.4, -0.2) is 22.2 Å². The number of carbonyl (C=O) groups excluding carboxylic acids is 1. The van der Waals surface area contributed by atoms with Crippen molar-refractivity contribution in [2.24, 2.45) is 0 Å². The topological polar surface area (TPSA) is 20.3 Å². The highest BCUT2D eigenvalue weighted by Crippen LogP contribution is 2.31. The van der Waals surface area contributed by atoms with Gasteiger partial charge in [0.15, 0.2) is 0 Å². The third-order valence-corrected chi connectivity index (χ3v) is 4.37. The van der Waals surface area contributed by atoms with E-state index in [1.165, 1.54) is 22.2 Å². The number of benzene rings is 1. The summed E-state index contributed by atoms with van der Waals surface area (Å²) in [5.74, 6) is 0.505. The minimum absolute atomic E-state index is 0.0158. The molecule has 1 amide bonds. The Kier molecular flexibility index (Phi) is 3.88. The van der Waals surface area contributed by atoms with Gasteiger partial charge in [0.05, 0.1) is 4.91 Å². The number of hydrogen-bond acceptors (Lipinski definition) is 3. The summed E-state index contributed by atoms with van der Waals surface area (Å²) in [5, 5.41) is 0. The Morgan fingerprint density at radius 2 is 1.89 bits per heavy atom. The van der Waals surface area contributed by atoms with Gasteiger partial charge in [0, 0.05) is 7.05 Å². The summed E-state index contributed by atoms with van der Waals surface area (Å²) in [6, 6.07) is 8.28. The lowest BCUT2D eigenvalue weighted by Crippen LogP contribution is -2.22. The average molecular weight is 277 g/mol. The van der Waals surface area contributed by atoms with Crippen LogP contribution in [0.4, 0.5) is 0 Å². The van der Waals surface area contributed by atoms with Crippen molar-refractivity contribution in [2.45, 2.75) is 19.8 Å². The van der Waals surface area contributed by atoms with E-state index in [9.17, 15) is 4.79 Å². The second kappa shape index (κ2) is 5.24. The van der Waals surface area contributed by atoms with E-state index in [4.69, 9.17) is 12.2 Å². The number of amides is 1. The van der Waals surface area contributed by atoms with Gasteiger partial charge >= 0.3 is 0 Å². The Labute approximate surface area is 117 Å². The first-order chi connectivity index (χ1) is 8.49. The zero-order valence-electron chi connectivity index (χ0n) is 10.6. The van der Waals surface area contributed by atoms with Crippen molar-refractivity contribution in [3.8, 4) is 0 Å². The maximum atomic E-state index is 11.8. The molecule has 1 aliphatic heterocycles. The number of hydrogen-bond donors (Lipinski definition) is 0. The molecule has 0 N–H and O–H groups in total. The van der Waals surface area contributed by atoms with Crippen LogP contribution >= 0.6 is 24.0 Å². The normalized spacial score (nSPS) is 18.2. The van der Waals surface area contributed by atoms with E-state index in [1.54, 1.807) is 7.05 Å². The summed E-state index contributed by atoms with van der Waals surface area (Å²) >= 11 is 6.45. The first-order valence-corrected chi connectivity index (χ1v) is 7.03. The second-order valence-electron chi connectivity index (χ2n) is 4.56. The number of likely N-dealkylation sites (N-methyl/N-ethyl adjacent to an activating group) is 1. The van der Waals surface area contributed by atoms with E-state index in [0.29, 0.717) is 15.1 Å². The van der Waals surface area contributed by atoms with Gasteiger partial charge in [-0.1, -0.05) is 62.1 Å². The first-order valence-electron chi connectivity index (χ1n) is 5.80. The van der Waals surface area contributed by atoms with Gasteiger partial charge < -0.3 is 0 Å². The third kappa shape index (κ3) is 2.65. The fraction of sp³-hybridized carbons (Fsp3) is 0.286. The van der Waals surface area contributed by atoms with Crippen LogP contribution in [0.25, 0.3) is 6.08 Å². The molecule has 1 aromatic rings. The molecule has 0 spiro atoms. The number of rotatable bonds is 2. The van der Waals surface area contributed by atoms with Gasteiger partial charge in [0.25, 0.3) is 5.91 Å². The lowest BCUT2D eigenvalue weighted by molar-refractivity contribution is -0.121. The highest BCUT2D eigenvalue weighted by atomic mass is 32.2. The van der Waals surface area contributed by atoms with Gasteiger partial charge in [0.1, 0.15) is 4.32 Å². The molecule has 0 bridgehead atoms. The molecule has 0 radical (unpaired) electrons. The van der Waals surface area contributed by atoms with E-state index < -0.39 is 0 Å². The van der Waals surface area contributed by atoms with Crippen LogP contribution in [0.1, 0.15) is 30.9 Å². The monoisotopic (exact) mass is 277 g/mol. The van der Waals surface area contributed by atoms with Crippen molar-refractivity contribution in [2.75, 3.05) is 7.05 Å². The Morgan fingerprint density at radius 1 is 1.28 bits per heavy atom. The molecule has 0 unspecified atom stereocenters. The largest absolute Gasteiger partial charge is 0.296 e. The number of nitrogens with zero attached hydrogens (tertiary/aromatic N) is 1. The van der Waals surface area contributed by atoms with Crippen molar-refractivity contribution >= 4 is 40.3 Å². The van der Waals surface area contributed by atoms with Crippen molar-refractivity contribution in [3.63, 3.8) is 0 Å². The average Bonchev–Trinajstić information content (AvgIpc) is 2.58. The van der Waals surface area contributed by atoms with Crippen LogP contribution in [0, 0.1) is 0 Å². The molecule has 1 aromatic carbocycles. The van der Waals surface area contributed by atoms with Gasteiger partial charge in [-0.25, -0.2) is 0 Å². The summed E-state index contributed by atoms with van der Waals surface area (Å²) in [5.41, 5.74) is 2.34. The summed E-state index contributed by atoms with van der Waals surface area (Å²) in [4.78, 5) is 14.0. The molecule has 2 rings (SSSR count). The molecule has 0 aliphatic carbocycles. The zero-order valence-corrected chi connectivity index (χ0v) is 12.3. The van der Waals surface area contributed by atoms with Crippen LogP contribution in [-0.2, 0) is 4.79 Å². The van der Waals surface area contributed by atoms with Crippen molar-refractivity contribution in [1.29, 1.82) is 0 Å². The maximum absolute atomic E-state index is 11.8. The molecular formula is C14H15NOS2. The Morgan fingerprint density at radius 3 is 2.33 bits per heavy atom. The van der Waals surface area contributed by atoms with Crippen molar-refractivity contribution in [3.05, 3.63) is 40.3 Å². The van der Waals surface area contributed by atoms with Gasteiger partial charge in [-0.05, 0) is 23.1 Å². The fourth-order valence-electron chi connectivity index (χ4n) is 1.67. The first kappa shape index (κ1) is 13.3. The minimum Gasteiger partial charge on any atom is -0.296 e. The van der Waals surface area contributed by atoms with Crippen molar-refractivity contribution < 1.29 is 4.79 Å². The van der Waals surface area contributed by atoms with E-state index in [2.05, 4.69) is 26.0 Å². The van der Waals surface area contributed by atoms with Gasteiger partial charge in [0.2, 0.25) is 0 Å². The second-order valence-corrected chi connectivity index (χ2v) is 6.24. The highest BCUT2D eigenvalue weighted by Gasteiger charge is 2.28. The fourth-order valence-corrected chi connectivity index (χ4v) is 2.85. The Balaban J connectivity index is 2.24. The summed E-state index contributed by atoms with van der Waals surface area (Å²) in [6.45, 7) is 4.33. The SMILES string of the molecule is CC(C)c1ccc(C=C2SC(=S)N(C)C2=O)cc1. The molecule has 1 aliphatic rings. The molecule has 1 saturated heterocycles. The molecule has 1 fully saturated rings. The smallest absolute Gasteiger partial charge is 0.265 e. The predicted molar refractivity (Wildman–Crippen MR) is 81.5 cm³/mol. The van der Waals surface area contributed by atoms with Crippen LogP contribution in [0.3, 0.4) is 0 Å². The van der Waals surface area contributed by atoms with Gasteiger partial charge in [-0.2, -0.15) is 0 Å². The lowest BCUT2D eigenvalue weighted by Gasteiger charge is -2.05. The summed E-state index contributed by atoms with van der Waals surface area (Å²) < 4.78 is 0.616. The molecular weight excluding hydrogens is 262 g/mol. The van der Waals surface area contributed by atoms with Crippen LogP contribution < -0.4 is 0 Å². The van der Waals surface area contributed by atoms with E-state index >= 15 is 0 Å². The molecule has 2 nitrogen and oxygen atoms in total. The number of thiocarbonyl (C=S) groups is 1. The lowest BCUT2D eigenvalue weighted by atomic mass is 10.0. The standard InChI is InChI=1S/C14H15NOS2/c1-9(2)11-6-4-10(5-7-11)8-12-13(16)15(3)14(17)18-12/h4-9H,1-3H3. The Bertz CT molecular complexity index is 517. The van der Waals surface area contributed by atoms with E-state index in [-0.39, 0.29) is 5.91 Å². The quantitative estimate of drug-likeness (QED) is 0.608. The maximum Gasteiger partial charge on any atom is 0.265 e. The van der Waals surface area contributed by atoms with Gasteiger partial charge in [-0.15, -0.1) is 0 Å². The molecule has 94 valence electrons. The van der Waals surface area contributed by atoms with Gasteiger partial charge in [-0.3, -0.25) is 9.69 Å². The van der Waals surface area contributed by atoms with Crippen LogP contribution in [0.5, 0.6) is 0 Å². The molecule has 0 aromatic heterocycles. The molecule has 4 heteroatoms. The number of thioether (sulfide) groups is 1. The minimum atomic E-state index is -0.0158. The van der Waals surface area contributed by atoms with Crippen LogP contribution in [0.2, 0.25) is 0 Å². The summed E-state index contributed by atoms with van der Waals surface area (Å²) in [7, 11) is 1.71. The number of carbonyl (C=O) groups is 1. The molecule has 18 heavy (non-hydrogen) atoms. The van der Waals surface area contributed by atoms with Crippen molar-refractivity contribution in [1.82, 2.24) is 4.90 Å². The highest BCUT2D eigenvalue weighted by molar-refractivity contribution is 8.26. The predicted octanol–water partition coefficient (Wildman–Crippen LogP) is 3.64. The van der Waals surface area contributed by atoms with E-state index in [0.717, 1.165) is 5.56 Å². The molecule has 1 heterocycles. The third-order valence-electron chi connectivity index (χ3n) is 2.89. The Hall–Kier alpha value is -1.13. The molecule has 0 atom stereocenters. The van der Waals surface area contributed by atoms with Crippen LogP contribution in [0.15, 0.2) is 29.2 Å². The summed E-state index contributed by atoms with van der Waals surface area (Å²) in [6.07, 6.45) is 1.90.